The van der Waals surface area contributed by atoms with E-state index in [1.165, 1.54) is 17.9 Å². The van der Waals surface area contributed by atoms with Crippen molar-refractivity contribution in [3.63, 3.8) is 0 Å². The number of anilines is 1. The molecular formula is C23H29N5O2. The normalized spacial score (nSPS) is 11.3. The molecular weight excluding hydrogens is 378 g/mol. The number of nitrogens with one attached hydrogen (secondary N) is 4. The summed E-state index contributed by atoms with van der Waals surface area (Å²) in [6, 6.07) is 15.7. The fraction of sp³-hybridized carbons (Fsp3) is 0.304. The van der Waals surface area contributed by atoms with E-state index in [1.807, 2.05) is 37.3 Å². The molecule has 1 heterocycles. The number of benzene rings is 2. The van der Waals surface area contributed by atoms with Gasteiger partial charge in [0.05, 0.1) is 6.54 Å². The number of H-pyrrole nitrogens is 1. The number of fused-ring (bicyclic) bond motifs is 1. The maximum absolute atomic E-state index is 11.2. The van der Waals surface area contributed by atoms with E-state index in [1.54, 1.807) is 0 Å². The Kier molecular flexibility index (Phi) is 7.71. The lowest BCUT2D eigenvalue weighted by Crippen LogP contribution is -2.39. The minimum Gasteiger partial charge on any atom is -0.492 e. The molecule has 7 nitrogen and oxygen atoms in total. The third-order valence-corrected chi connectivity index (χ3v) is 4.49. The van der Waals surface area contributed by atoms with Crippen molar-refractivity contribution >= 4 is 28.5 Å². The van der Waals surface area contributed by atoms with Crippen molar-refractivity contribution in [2.24, 2.45) is 4.99 Å². The van der Waals surface area contributed by atoms with Crippen molar-refractivity contribution in [2.45, 2.75) is 20.3 Å². The van der Waals surface area contributed by atoms with Gasteiger partial charge in [-0.15, -0.1) is 0 Å². The average molecular weight is 408 g/mol. The van der Waals surface area contributed by atoms with E-state index >= 15 is 0 Å². The van der Waals surface area contributed by atoms with E-state index in [-0.39, 0.29) is 5.91 Å². The molecule has 0 bridgehead atoms. The van der Waals surface area contributed by atoms with Gasteiger partial charge in [-0.25, -0.2) is 0 Å². The first-order chi connectivity index (χ1) is 14.7. The highest BCUT2D eigenvalue weighted by Crippen LogP contribution is 2.18. The Labute approximate surface area is 176 Å². The van der Waals surface area contributed by atoms with Crippen LogP contribution in [0.25, 0.3) is 10.9 Å². The summed E-state index contributed by atoms with van der Waals surface area (Å²) in [6.45, 7) is 6.10. The molecule has 0 radical (unpaired) electrons. The smallest absolute Gasteiger partial charge is 0.221 e. The Bertz CT molecular complexity index is 996. The van der Waals surface area contributed by atoms with E-state index in [4.69, 9.17) is 4.74 Å². The topological polar surface area (TPSA) is 90.5 Å². The van der Waals surface area contributed by atoms with Gasteiger partial charge in [0, 0.05) is 48.9 Å². The maximum atomic E-state index is 11.2. The minimum atomic E-state index is -0.104. The molecule has 3 rings (SSSR count). The molecule has 158 valence electrons. The number of ether oxygens (including phenoxy) is 1. The highest BCUT2D eigenvalue weighted by Gasteiger charge is 2.03. The molecule has 0 saturated carbocycles. The van der Waals surface area contributed by atoms with Crippen LogP contribution in [-0.2, 0) is 11.2 Å². The van der Waals surface area contributed by atoms with Crippen LogP contribution in [-0.4, -0.2) is 43.1 Å². The molecule has 1 amide bonds. The summed E-state index contributed by atoms with van der Waals surface area (Å²) in [5.41, 5.74) is 3.15. The number of rotatable bonds is 9. The fourth-order valence-corrected chi connectivity index (χ4v) is 3.17. The van der Waals surface area contributed by atoms with E-state index in [0.717, 1.165) is 30.1 Å². The van der Waals surface area contributed by atoms with Crippen LogP contribution in [0.3, 0.4) is 0 Å². The third-order valence-electron chi connectivity index (χ3n) is 4.49. The predicted molar refractivity (Wildman–Crippen MR) is 122 cm³/mol. The van der Waals surface area contributed by atoms with Gasteiger partial charge in [0.15, 0.2) is 5.96 Å². The van der Waals surface area contributed by atoms with Gasteiger partial charge in [0.2, 0.25) is 5.91 Å². The van der Waals surface area contributed by atoms with E-state index in [9.17, 15) is 4.79 Å². The van der Waals surface area contributed by atoms with Gasteiger partial charge in [-0.1, -0.05) is 24.3 Å². The van der Waals surface area contributed by atoms with Crippen LogP contribution in [0.5, 0.6) is 5.75 Å². The largest absolute Gasteiger partial charge is 0.492 e. The SMILES string of the molecule is CCNC(=NCCc1c[nH]c2ccccc12)NCCOc1cccc(NC(C)=O)c1. The van der Waals surface area contributed by atoms with Crippen LogP contribution in [0.2, 0.25) is 0 Å². The summed E-state index contributed by atoms with van der Waals surface area (Å²) >= 11 is 0. The summed E-state index contributed by atoms with van der Waals surface area (Å²) in [4.78, 5) is 19.1. The van der Waals surface area contributed by atoms with E-state index in [0.29, 0.717) is 25.4 Å². The van der Waals surface area contributed by atoms with Crippen LogP contribution in [0.1, 0.15) is 19.4 Å². The summed E-state index contributed by atoms with van der Waals surface area (Å²) in [6.07, 6.45) is 2.93. The second-order valence-electron chi connectivity index (χ2n) is 6.85. The van der Waals surface area contributed by atoms with Crippen LogP contribution in [0.15, 0.2) is 59.7 Å². The number of carbonyl (C=O) groups excluding carboxylic acids is 1. The lowest BCUT2D eigenvalue weighted by molar-refractivity contribution is -0.114. The molecule has 0 saturated heterocycles. The van der Waals surface area contributed by atoms with E-state index in [2.05, 4.69) is 50.3 Å². The van der Waals surface area contributed by atoms with Crippen LogP contribution in [0.4, 0.5) is 5.69 Å². The maximum Gasteiger partial charge on any atom is 0.221 e. The Balaban J connectivity index is 1.46. The Morgan fingerprint density at radius 1 is 1.13 bits per heavy atom. The van der Waals surface area contributed by atoms with Gasteiger partial charge in [-0.3, -0.25) is 9.79 Å². The van der Waals surface area contributed by atoms with Crippen molar-refractivity contribution < 1.29 is 9.53 Å². The number of aromatic amines is 1. The van der Waals surface area contributed by atoms with Crippen molar-refractivity contribution in [1.82, 2.24) is 15.6 Å². The molecule has 0 aliphatic carbocycles. The molecule has 3 aromatic rings. The number of carbonyl (C=O) groups is 1. The van der Waals surface area contributed by atoms with Crippen molar-refractivity contribution in [3.05, 3.63) is 60.3 Å². The first-order valence-electron chi connectivity index (χ1n) is 10.2. The first kappa shape index (κ1) is 21.2. The fourth-order valence-electron chi connectivity index (χ4n) is 3.17. The Hall–Kier alpha value is -3.48. The van der Waals surface area contributed by atoms with Gasteiger partial charge in [-0.2, -0.15) is 0 Å². The first-order valence-corrected chi connectivity index (χ1v) is 10.2. The summed E-state index contributed by atoms with van der Waals surface area (Å²) in [5.74, 6) is 1.38. The molecule has 4 N–H and O–H groups in total. The zero-order chi connectivity index (χ0) is 21.2. The van der Waals surface area contributed by atoms with Crippen LogP contribution >= 0.6 is 0 Å². The van der Waals surface area contributed by atoms with Gasteiger partial charge in [0.25, 0.3) is 0 Å². The number of aromatic nitrogens is 1. The Morgan fingerprint density at radius 3 is 2.83 bits per heavy atom. The van der Waals surface area contributed by atoms with Gasteiger partial charge >= 0.3 is 0 Å². The summed E-state index contributed by atoms with van der Waals surface area (Å²) in [7, 11) is 0. The van der Waals surface area contributed by atoms with Crippen molar-refractivity contribution in [3.8, 4) is 5.75 Å². The average Bonchev–Trinajstić information content (AvgIpc) is 3.14. The number of aliphatic imine (C=N–C) groups is 1. The van der Waals surface area contributed by atoms with Gasteiger partial charge in [0.1, 0.15) is 12.4 Å². The molecule has 1 aromatic heterocycles. The highest BCUT2D eigenvalue weighted by molar-refractivity contribution is 5.88. The second-order valence-corrected chi connectivity index (χ2v) is 6.85. The van der Waals surface area contributed by atoms with Crippen molar-refractivity contribution in [2.75, 3.05) is 31.6 Å². The molecule has 0 spiro atoms. The number of amides is 1. The molecule has 7 heteroatoms. The molecule has 0 unspecified atom stereocenters. The van der Waals surface area contributed by atoms with Crippen LogP contribution < -0.4 is 20.7 Å². The zero-order valence-electron chi connectivity index (χ0n) is 17.5. The van der Waals surface area contributed by atoms with Gasteiger partial charge < -0.3 is 25.7 Å². The second kappa shape index (κ2) is 10.9. The predicted octanol–water partition coefficient (Wildman–Crippen LogP) is 3.30. The standard InChI is InChI=1S/C23H29N5O2/c1-3-24-23(25-12-11-18-16-27-22-10-5-4-9-21(18)22)26-13-14-30-20-8-6-7-19(15-20)28-17(2)29/h4-10,15-16,27H,3,11-14H2,1-2H3,(H,28,29)(H2,24,25,26). The Morgan fingerprint density at radius 2 is 2.00 bits per heavy atom. The lowest BCUT2D eigenvalue weighted by Gasteiger charge is -2.12. The van der Waals surface area contributed by atoms with Gasteiger partial charge in [-0.05, 0) is 37.1 Å². The summed E-state index contributed by atoms with van der Waals surface area (Å²) < 4.78 is 5.77. The molecule has 0 aliphatic rings. The van der Waals surface area contributed by atoms with Crippen molar-refractivity contribution in [1.29, 1.82) is 0 Å². The monoisotopic (exact) mass is 407 g/mol. The zero-order valence-corrected chi connectivity index (χ0v) is 17.5. The molecule has 30 heavy (non-hydrogen) atoms. The van der Waals surface area contributed by atoms with Crippen LogP contribution in [0, 0.1) is 0 Å². The number of guanidine groups is 1. The highest BCUT2D eigenvalue weighted by atomic mass is 16.5. The lowest BCUT2D eigenvalue weighted by atomic mass is 10.1. The quantitative estimate of drug-likeness (QED) is 0.249. The third kappa shape index (κ3) is 6.27. The minimum absolute atomic E-state index is 0.104. The molecule has 0 fully saturated rings. The molecule has 0 atom stereocenters. The number of para-hydroxylation sites is 1. The number of hydrogen-bond acceptors (Lipinski definition) is 3. The number of hydrogen-bond donors (Lipinski definition) is 4. The number of nitrogens with zero attached hydrogens (tertiary/aromatic N) is 1. The molecule has 2 aromatic carbocycles. The van der Waals surface area contributed by atoms with E-state index < -0.39 is 0 Å². The molecule has 0 aliphatic heterocycles. The summed E-state index contributed by atoms with van der Waals surface area (Å²) in [5, 5.41) is 10.5.